The summed E-state index contributed by atoms with van der Waals surface area (Å²) >= 11 is 2.22. The fraction of sp³-hybridized carbons (Fsp3) is 0.375. The van der Waals surface area contributed by atoms with Gasteiger partial charge in [-0.3, -0.25) is 0 Å². The fourth-order valence-electron chi connectivity index (χ4n) is 1.19. The molecule has 1 aliphatic rings. The van der Waals surface area contributed by atoms with E-state index in [4.69, 9.17) is 0 Å². The van der Waals surface area contributed by atoms with Crippen molar-refractivity contribution < 1.29 is 4.73 Å². The molecule has 0 aliphatic heterocycles. The maximum absolute atomic E-state index is 10.8. The van der Waals surface area contributed by atoms with Crippen molar-refractivity contribution in [3.8, 4) is 0 Å². The van der Waals surface area contributed by atoms with Gasteiger partial charge in [0, 0.05) is 6.07 Å². The van der Waals surface area contributed by atoms with Crippen LogP contribution >= 0.6 is 22.6 Å². The Morgan fingerprint density at radius 1 is 1.55 bits per heavy atom. The largest absolute Gasteiger partial charge is 0.619 e. The topological polar surface area (TPSA) is 26.9 Å². The van der Waals surface area contributed by atoms with E-state index in [9.17, 15) is 5.21 Å². The Morgan fingerprint density at radius 3 is 2.82 bits per heavy atom. The summed E-state index contributed by atoms with van der Waals surface area (Å²) in [6, 6.07) is 1.94. The number of halogens is 1. The van der Waals surface area contributed by atoms with E-state index in [1.807, 2.05) is 6.07 Å². The molecule has 1 heterocycles. The SMILES string of the molecule is [O-][n+]1ccc(C2CC2)c(I)c1. The lowest BCUT2D eigenvalue weighted by Crippen LogP contribution is -2.25. The molecule has 0 saturated heterocycles. The number of hydrogen-bond acceptors (Lipinski definition) is 1. The first kappa shape index (κ1) is 7.34. The Labute approximate surface area is 79.0 Å². The van der Waals surface area contributed by atoms with Crippen LogP contribution in [0.2, 0.25) is 0 Å². The zero-order valence-corrected chi connectivity index (χ0v) is 8.11. The molecule has 0 N–H and O–H groups in total. The van der Waals surface area contributed by atoms with Gasteiger partial charge in [0.25, 0.3) is 0 Å². The molecule has 2 rings (SSSR count). The number of rotatable bonds is 1. The van der Waals surface area contributed by atoms with E-state index < -0.39 is 0 Å². The van der Waals surface area contributed by atoms with Crippen LogP contribution in [-0.2, 0) is 0 Å². The zero-order valence-electron chi connectivity index (χ0n) is 5.96. The molecule has 0 atom stereocenters. The molecule has 1 aromatic heterocycles. The van der Waals surface area contributed by atoms with Crippen LogP contribution < -0.4 is 4.73 Å². The van der Waals surface area contributed by atoms with Crippen molar-refractivity contribution in [2.45, 2.75) is 18.8 Å². The highest BCUT2D eigenvalue weighted by atomic mass is 127. The van der Waals surface area contributed by atoms with E-state index in [2.05, 4.69) is 22.6 Å². The van der Waals surface area contributed by atoms with Gasteiger partial charge >= 0.3 is 0 Å². The third kappa shape index (κ3) is 1.47. The van der Waals surface area contributed by atoms with Crippen LogP contribution in [0.3, 0.4) is 0 Å². The van der Waals surface area contributed by atoms with Crippen molar-refractivity contribution in [2.24, 2.45) is 0 Å². The molecule has 1 fully saturated rings. The molecular formula is C8H8INO. The molecule has 0 radical (unpaired) electrons. The molecule has 1 aromatic rings. The number of nitrogens with zero attached hydrogens (tertiary/aromatic N) is 1. The van der Waals surface area contributed by atoms with E-state index in [0.717, 1.165) is 14.2 Å². The Kier molecular flexibility index (Phi) is 1.75. The predicted octanol–water partition coefficient (Wildman–Crippen LogP) is 1.80. The molecule has 0 aromatic carbocycles. The Morgan fingerprint density at radius 2 is 2.27 bits per heavy atom. The van der Waals surface area contributed by atoms with Gasteiger partial charge < -0.3 is 5.21 Å². The molecule has 0 spiro atoms. The van der Waals surface area contributed by atoms with Gasteiger partial charge in [0.1, 0.15) is 0 Å². The van der Waals surface area contributed by atoms with Crippen LogP contribution in [0.5, 0.6) is 0 Å². The molecule has 1 aliphatic carbocycles. The Hall–Kier alpha value is -0.320. The zero-order chi connectivity index (χ0) is 7.84. The van der Waals surface area contributed by atoms with Crippen LogP contribution in [0.1, 0.15) is 24.3 Å². The number of hydrogen-bond donors (Lipinski definition) is 0. The summed E-state index contributed by atoms with van der Waals surface area (Å²) in [5.74, 6) is 0.739. The average Bonchev–Trinajstić information content (AvgIpc) is 2.70. The van der Waals surface area contributed by atoms with Gasteiger partial charge in [-0.05, 0) is 46.9 Å². The van der Waals surface area contributed by atoms with E-state index >= 15 is 0 Å². The second-order valence-corrected chi connectivity index (χ2v) is 4.04. The first-order valence-corrected chi connectivity index (χ1v) is 4.73. The Bertz CT molecular complexity index is 283. The van der Waals surface area contributed by atoms with Crippen LogP contribution in [0, 0.1) is 8.78 Å². The van der Waals surface area contributed by atoms with E-state index in [1.54, 1.807) is 12.4 Å². The predicted molar refractivity (Wildman–Crippen MR) is 50.1 cm³/mol. The summed E-state index contributed by atoms with van der Waals surface area (Å²) in [6.07, 6.45) is 5.79. The van der Waals surface area contributed by atoms with Crippen LogP contribution in [0.25, 0.3) is 0 Å². The molecule has 2 nitrogen and oxygen atoms in total. The van der Waals surface area contributed by atoms with Gasteiger partial charge in [-0.25, -0.2) is 0 Å². The minimum Gasteiger partial charge on any atom is -0.619 e. The van der Waals surface area contributed by atoms with Crippen molar-refractivity contribution >= 4 is 22.6 Å². The Balaban J connectivity index is 2.39. The van der Waals surface area contributed by atoms with E-state index in [0.29, 0.717) is 0 Å². The van der Waals surface area contributed by atoms with Crippen molar-refractivity contribution in [3.05, 3.63) is 32.8 Å². The van der Waals surface area contributed by atoms with Crippen LogP contribution in [0.4, 0.5) is 0 Å². The van der Waals surface area contributed by atoms with Crippen molar-refractivity contribution in [1.82, 2.24) is 0 Å². The number of aromatic nitrogens is 1. The van der Waals surface area contributed by atoms with E-state index in [1.165, 1.54) is 18.4 Å². The quantitative estimate of drug-likeness (QED) is 0.430. The molecule has 0 bridgehead atoms. The highest BCUT2D eigenvalue weighted by Crippen LogP contribution is 2.41. The lowest BCUT2D eigenvalue weighted by atomic mass is 10.2. The summed E-state index contributed by atoms with van der Waals surface area (Å²) in [5.41, 5.74) is 1.35. The standard InChI is InChI=1S/C8H8INO/c9-8-5-10(11)4-3-7(8)6-1-2-6/h3-6H,1-2H2. The molecule has 0 amide bonds. The maximum Gasteiger partial charge on any atom is 0.193 e. The molecule has 3 heteroatoms. The average molecular weight is 261 g/mol. The molecule has 58 valence electrons. The second-order valence-electron chi connectivity index (χ2n) is 2.88. The summed E-state index contributed by atoms with van der Waals surface area (Å²) in [6.45, 7) is 0. The molecule has 0 unspecified atom stereocenters. The third-order valence-electron chi connectivity index (χ3n) is 1.93. The third-order valence-corrected chi connectivity index (χ3v) is 2.84. The van der Waals surface area contributed by atoms with Gasteiger partial charge in [0.05, 0.1) is 3.57 Å². The molecule has 1 saturated carbocycles. The summed E-state index contributed by atoms with van der Waals surface area (Å²) in [7, 11) is 0. The monoisotopic (exact) mass is 261 g/mol. The first-order chi connectivity index (χ1) is 5.27. The fourth-order valence-corrected chi connectivity index (χ4v) is 2.08. The number of pyridine rings is 1. The van der Waals surface area contributed by atoms with Gasteiger partial charge in [-0.15, -0.1) is 0 Å². The minimum absolute atomic E-state index is 0.739. The van der Waals surface area contributed by atoms with Crippen LogP contribution in [-0.4, -0.2) is 0 Å². The van der Waals surface area contributed by atoms with Gasteiger partial charge in [0.2, 0.25) is 0 Å². The van der Waals surface area contributed by atoms with Gasteiger partial charge in [-0.1, -0.05) is 0 Å². The second kappa shape index (κ2) is 2.62. The first-order valence-electron chi connectivity index (χ1n) is 3.65. The summed E-state index contributed by atoms with van der Waals surface area (Å²) in [4.78, 5) is 0. The van der Waals surface area contributed by atoms with Crippen molar-refractivity contribution in [2.75, 3.05) is 0 Å². The normalized spacial score (nSPS) is 16.8. The van der Waals surface area contributed by atoms with Gasteiger partial charge in [0.15, 0.2) is 12.4 Å². The summed E-state index contributed by atoms with van der Waals surface area (Å²) < 4.78 is 1.95. The lowest BCUT2D eigenvalue weighted by Gasteiger charge is -2.00. The van der Waals surface area contributed by atoms with Crippen LogP contribution in [0.15, 0.2) is 18.5 Å². The van der Waals surface area contributed by atoms with E-state index in [-0.39, 0.29) is 0 Å². The highest BCUT2D eigenvalue weighted by molar-refractivity contribution is 14.1. The summed E-state index contributed by atoms with van der Waals surface area (Å²) in [5, 5.41) is 10.8. The van der Waals surface area contributed by atoms with Gasteiger partial charge in [-0.2, -0.15) is 4.73 Å². The lowest BCUT2D eigenvalue weighted by molar-refractivity contribution is -0.606. The molecular weight excluding hydrogens is 253 g/mol. The maximum atomic E-state index is 10.8. The smallest absolute Gasteiger partial charge is 0.193 e. The van der Waals surface area contributed by atoms with Crippen molar-refractivity contribution in [3.63, 3.8) is 0 Å². The highest BCUT2D eigenvalue weighted by Gasteiger charge is 2.26. The minimum atomic E-state index is 0.739. The van der Waals surface area contributed by atoms with Crippen molar-refractivity contribution in [1.29, 1.82) is 0 Å². The molecule has 11 heavy (non-hydrogen) atoms.